The summed E-state index contributed by atoms with van der Waals surface area (Å²) in [4.78, 5) is 39.0. The lowest BCUT2D eigenvalue weighted by Crippen LogP contribution is -2.48. The van der Waals surface area contributed by atoms with Crippen molar-refractivity contribution >= 4 is 23.6 Å². The number of esters is 3. The molecule has 148 valence electrons. The molecule has 1 aromatic carbocycles. The highest BCUT2D eigenvalue weighted by molar-refractivity contribution is 6.15. The quantitative estimate of drug-likeness (QED) is 0.595. The van der Waals surface area contributed by atoms with Crippen LogP contribution in [0.5, 0.6) is 0 Å². The van der Waals surface area contributed by atoms with Crippen molar-refractivity contribution in [3.05, 3.63) is 52.6 Å². The zero-order valence-corrected chi connectivity index (χ0v) is 16.1. The molecule has 0 bridgehead atoms. The van der Waals surface area contributed by atoms with Crippen molar-refractivity contribution in [2.24, 2.45) is 5.73 Å². The molecule has 0 saturated carbocycles. The summed E-state index contributed by atoms with van der Waals surface area (Å²) < 4.78 is 15.8. The number of nitrogens with one attached hydrogen (secondary N) is 1. The van der Waals surface area contributed by atoms with Gasteiger partial charge in [0.15, 0.2) is 5.41 Å². The first-order chi connectivity index (χ1) is 13.2. The summed E-state index contributed by atoms with van der Waals surface area (Å²) in [6.07, 6.45) is -0.440. The number of carbonyl (C=O) groups excluding carboxylic acids is 3. The fourth-order valence-corrected chi connectivity index (χ4v) is 3.60. The maximum Gasteiger partial charge on any atom is 0.339 e. The van der Waals surface area contributed by atoms with Crippen LogP contribution in [-0.4, -0.2) is 30.6 Å². The summed E-state index contributed by atoms with van der Waals surface area (Å²) in [5.41, 5.74) is 4.85. The largest absolute Gasteiger partial charge is 0.462 e. The Hall–Kier alpha value is -3.29. The number of benzene rings is 1. The maximum atomic E-state index is 13.2. The van der Waals surface area contributed by atoms with Crippen LogP contribution in [0.4, 0.5) is 5.69 Å². The standard InChI is InChI=1S/C20H22N2O6/c1-5-26-17(23)15-16(21)22-13-9-7-6-8-12(13)20(15)14(11(4)28-19(20)25)18(24)27-10(2)3/h6-10,22H,5,21H2,1-4H3/t20-/m0/s1. The summed E-state index contributed by atoms with van der Waals surface area (Å²) in [5, 5.41) is 2.91. The molecule has 0 aliphatic carbocycles. The van der Waals surface area contributed by atoms with Crippen LogP contribution >= 0.6 is 0 Å². The van der Waals surface area contributed by atoms with Crippen molar-refractivity contribution in [3.63, 3.8) is 0 Å². The molecule has 3 N–H and O–H groups in total. The minimum atomic E-state index is -1.87. The molecule has 0 amide bonds. The number of ether oxygens (including phenoxy) is 3. The lowest BCUT2D eigenvalue weighted by molar-refractivity contribution is -0.148. The molecule has 1 spiro atoms. The summed E-state index contributed by atoms with van der Waals surface area (Å²) >= 11 is 0. The Balaban J connectivity index is 2.35. The molecule has 3 rings (SSSR count). The average molecular weight is 386 g/mol. The molecule has 8 heteroatoms. The predicted octanol–water partition coefficient (Wildman–Crippen LogP) is 1.87. The van der Waals surface area contributed by atoms with Gasteiger partial charge in [-0.3, -0.25) is 0 Å². The van der Waals surface area contributed by atoms with E-state index in [1.165, 1.54) is 6.92 Å². The number of rotatable bonds is 4. The van der Waals surface area contributed by atoms with Crippen LogP contribution in [0.3, 0.4) is 0 Å². The molecular formula is C20H22N2O6. The van der Waals surface area contributed by atoms with Crippen LogP contribution in [-0.2, 0) is 34.0 Å². The van der Waals surface area contributed by atoms with Gasteiger partial charge in [-0.25, -0.2) is 14.4 Å². The first-order valence-electron chi connectivity index (χ1n) is 8.93. The average Bonchev–Trinajstić information content (AvgIpc) is 2.85. The van der Waals surface area contributed by atoms with Gasteiger partial charge < -0.3 is 25.3 Å². The van der Waals surface area contributed by atoms with Crippen molar-refractivity contribution in [3.8, 4) is 0 Å². The number of nitrogens with two attached hydrogens (primary N) is 1. The van der Waals surface area contributed by atoms with E-state index in [2.05, 4.69) is 5.32 Å². The number of hydrogen-bond donors (Lipinski definition) is 2. The zero-order valence-electron chi connectivity index (χ0n) is 16.1. The molecule has 1 atom stereocenters. The van der Waals surface area contributed by atoms with Gasteiger partial charge >= 0.3 is 17.9 Å². The molecule has 0 unspecified atom stereocenters. The van der Waals surface area contributed by atoms with Crippen molar-refractivity contribution in [2.45, 2.75) is 39.2 Å². The van der Waals surface area contributed by atoms with E-state index in [0.717, 1.165) is 0 Å². The Kier molecular flexibility index (Phi) is 4.89. The molecule has 2 aliphatic heterocycles. The van der Waals surface area contributed by atoms with E-state index in [9.17, 15) is 14.4 Å². The molecule has 0 aromatic heterocycles. The normalized spacial score (nSPS) is 20.8. The van der Waals surface area contributed by atoms with Crippen molar-refractivity contribution in [1.29, 1.82) is 0 Å². The minimum Gasteiger partial charge on any atom is -0.462 e. The molecule has 28 heavy (non-hydrogen) atoms. The van der Waals surface area contributed by atoms with Crippen LogP contribution < -0.4 is 11.1 Å². The van der Waals surface area contributed by atoms with E-state index < -0.39 is 29.4 Å². The Morgan fingerprint density at radius 3 is 2.54 bits per heavy atom. The van der Waals surface area contributed by atoms with Gasteiger partial charge in [0.05, 0.1) is 12.7 Å². The molecule has 0 radical (unpaired) electrons. The second-order valence-corrected chi connectivity index (χ2v) is 6.70. The van der Waals surface area contributed by atoms with E-state index >= 15 is 0 Å². The lowest BCUT2D eigenvalue weighted by atomic mass is 9.67. The lowest BCUT2D eigenvalue weighted by Gasteiger charge is -2.36. The summed E-state index contributed by atoms with van der Waals surface area (Å²) in [7, 11) is 0. The Morgan fingerprint density at radius 2 is 1.89 bits per heavy atom. The monoisotopic (exact) mass is 386 g/mol. The third kappa shape index (κ3) is 2.72. The maximum absolute atomic E-state index is 13.2. The third-order valence-corrected chi connectivity index (χ3v) is 4.55. The fraction of sp³-hybridized carbons (Fsp3) is 0.350. The number of fused-ring (bicyclic) bond motifs is 2. The number of para-hydroxylation sites is 1. The minimum absolute atomic E-state index is 0.0574. The van der Waals surface area contributed by atoms with E-state index in [1.54, 1.807) is 45.0 Å². The predicted molar refractivity (Wildman–Crippen MR) is 99.6 cm³/mol. The summed E-state index contributed by atoms with van der Waals surface area (Å²) in [6, 6.07) is 6.76. The Morgan fingerprint density at radius 1 is 1.21 bits per heavy atom. The van der Waals surface area contributed by atoms with Gasteiger partial charge in [0, 0.05) is 11.3 Å². The SMILES string of the molecule is CCOC(=O)C1=C(N)Nc2ccccc2[C@@]12C(=O)OC(C)=C2C(=O)OC(C)C. The van der Waals surface area contributed by atoms with Crippen LogP contribution in [0.1, 0.15) is 33.3 Å². The Labute approximate surface area is 162 Å². The summed E-state index contributed by atoms with van der Waals surface area (Å²) in [5.74, 6) is -2.41. The highest BCUT2D eigenvalue weighted by Crippen LogP contribution is 2.52. The second kappa shape index (κ2) is 7.03. The molecule has 2 heterocycles. The number of anilines is 1. The number of carbonyl (C=O) groups is 3. The third-order valence-electron chi connectivity index (χ3n) is 4.55. The van der Waals surface area contributed by atoms with E-state index in [4.69, 9.17) is 19.9 Å². The van der Waals surface area contributed by atoms with Gasteiger partial charge in [-0.15, -0.1) is 0 Å². The number of allylic oxidation sites excluding steroid dienone is 1. The van der Waals surface area contributed by atoms with Gasteiger partial charge in [-0.2, -0.15) is 0 Å². The van der Waals surface area contributed by atoms with Crippen molar-refractivity contribution < 1.29 is 28.6 Å². The van der Waals surface area contributed by atoms with E-state index in [1.807, 2.05) is 0 Å². The van der Waals surface area contributed by atoms with Gasteiger partial charge in [0.2, 0.25) is 0 Å². The highest BCUT2D eigenvalue weighted by atomic mass is 16.6. The number of cyclic esters (lactones) is 1. The molecule has 1 aromatic rings. The second-order valence-electron chi connectivity index (χ2n) is 6.70. The van der Waals surface area contributed by atoms with Gasteiger partial charge in [-0.05, 0) is 33.8 Å². The highest BCUT2D eigenvalue weighted by Gasteiger charge is 2.62. The first-order valence-corrected chi connectivity index (χ1v) is 8.93. The number of hydrogen-bond acceptors (Lipinski definition) is 8. The molecule has 0 saturated heterocycles. The topological polar surface area (TPSA) is 117 Å². The van der Waals surface area contributed by atoms with Gasteiger partial charge in [0.25, 0.3) is 0 Å². The van der Waals surface area contributed by atoms with Crippen LogP contribution in [0.15, 0.2) is 47.0 Å². The van der Waals surface area contributed by atoms with Crippen molar-refractivity contribution in [2.75, 3.05) is 11.9 Å². The van der Waals surface area contributed by atoms with Crippen LogP contribution in [0, 0.1) is 0 Å². The van der Waals surface area contributed by atoms with Gasteiger partial charge in [-0.1, -0.05) is 18.2 Å². The summed E-state index contributed by atoms with van der Waals surface area (Å²) in [6.45, 7) is 6.55. The van der Waals surface area contributed by atoms with Crippen LogP contribution in [0.25, 0.3) is 0 Å². The zero-order chi connectivity index (χ0) is 20.6. The smallest absolute Gasteiger partial charge is 0.339 e. The van der Waals surface area contributed by atoms with E-state index in [-0.39, 0.29) is 29.3 Å². The van der Waals surface area contributed by atoms with E-state index in [0.29, 0.717) is 11.3 Å². The Bertz CT molecular complexity index is 930. The fourth-order valence-electron chi connectivity index (χ4n) is 3.60. The van der Waals surface area contributed by atoms with Crippen LogP contribution in [0.2, 0.25) is 0 Å². The van der Waals surface area contributed by atoms with Crippen molar-refractivity contribution in [1.82, 2.24) is 0 Å². The first kappa shape index (κ1) is 19.5. The molecular weight excluding hydrogens is 364 g/mol. The van der Waals surface area contributed by atoms with Gasteiger partial charge in [0.1, 0.15) is 22.7 Å². The molecule has 8 nitrogen and oxygen atoms in total. The molecule has 2 aliphatic rings. The molecule has 0 fully saturated rings.